The van der Waals surface area contributed by atoms with E-state index in [4.69, 9.17) is 0 Å². The van der Waals surface area contributed by atoms with Crippen molar-refractivity contribution in [3.8, 4) is 11.8 Å². The number of carbonyl (C=O) groups is 1. The summed E-state index contributed by atoms with van der Waals surface area (Å²) in [6.07, 6.45) is -3.10. The highest BCUT2D eigenvalue weighted by Crippen LogP contribution is 2.29. The van der Waals surface area contributed by atoms with Crippen LogP contribution in [0.25, 0.3) is 10.9 Å². The van der Waals surface area contributed by atoms with Crippen LogP contribution in [0.3, 0.4) is 0 Å². The largest absolute Gasteiger partial charge is 0.416 e. The molecule has 0 atom stereocenters. The van der Waals surface area contributed by atoms with Gasteiger partial charge >= 0.3 is 6.18 Å². The maximum atomic E-state index is 12.7. The summed E-state index contributed by atoms with van der Waals surface area (Å²) in [5.74, 6) is 4.95. The molecule has 1 amide bonds. The minimum atomic E-state index is -4.42. The molecule has 29 heavy (non-hydrogen) atoms. The van der Waals surface area contributed by atoms with Gasteiger partial charge in [0.05, 0.1) is 30.4 Å². The molecule has 5 nitrogen and oxygen atoms in total. The van der Waals surface area contributed by atoms with Crippen LogP contribution in [0, 0.1) is 11.8 Å². The lowest BCUT2D eigenvalue weighted by atomic mass is 10.1. The van der Waals surface area contributed by atoms with E-state index in [1.807, 2.05) is 0 Å². The minimum Gasteiger partial charge on any atom is -0.345 e. The van der Waals surface area contributed by atoms with E-state index in [-0.39, 0.29) is 36.4 Å². The Morgan fingerprint density at radius 3 is 2.72 bits per heavy atom. The van der Waals surface area contributed by atoms with E-state index in [2.05, 4.69) is 22.3 Å². The van der Waals surface area contributed by atoms with E-state index < -0.39 is 11.7 Å². The number of aryl methyl sites for hydroxylation is 1. The highest BCUT2D eigenvalue weighted by atomic mass is 19.4. The van der Waals surface area contributed by atoms with Crippen LogP contribution in [0.5, 0.6) is 0 Å². The van der Waals surface area contributed by atoms with E-state index in [0.717, 1.165) is 12.1 Å². The summed E-state index contributed by atoms with van der Waals surface area (Å²) < 4.78 is 39.6. The van der Waals surface area contributed by atoms with Gasteiger partial charge in [0.1, 0.15) is 0 Å². The number of aromatic nitrogens is 2. The van der Waals surface area contributed by atoms with Gasteiger partial charge < -0.3 is 5.32 Å². The first kappa shape index (κ1) is 20.1. The summed E-state index contributed by atoms with van der Waals surface area (Å²) in [6.45, 7) is 0.279. The molecule has 1 heterocycles. The van der Waals surface area contributed by atoms with Gasteiger partial charge in [-0.05, 0) is 30.3 Å². The van der Waals surface area contributed by atoms with Gasteiger partial charge in [-0.15, -0.1) is 0 Å². The van der Waals surface area contributed by atoms with Gasteiger partial charge in [-0.3, -0.25) is 14.3 Å². The zero-order valence-electron chi connectivity index (χ0n) is 15.2. The first-order chi connectivity index (χ1) is 13.8. The summed E-state index contributed by atoms with van der Waals surface area (Å²) in [5, 5.41) is 7.16. The molecule has 8 heteroatoms. The van der Waals surface area contributed by atoms with Crippen LogP contribution in [0.4, 0.5) is 13.2 Å². The van der Waals surface area contributed by atoms with Crippen LogP contribution < -0.4 is 10.7 Å². The van der Waals surface area contributed by atoms with Gasteiger partial charge in [-0.1, -0.05) is 30.0 Å². The third-order valence-corrected chi connectivity index (χ3v) is 4.11. The van der Waals surface area contributed by atoms with Crippen molar-refractivity contribution in [2.45, 2.75) is 19.1 Å². The molecule has 0 unspecified atom stereocenters. The topological polar surface area (TPSA) is 64.0 Å². The third kappa shape index (κ3) is 5.23. The van der Waals surface area contributed by atoms with Gasteiger partial charge in [0, 0.05) is 17.4 Å². The summed E-state index contributed by atoms with van der Waals surface area (Å²) in [7, 11) is 0. The molecule has 1 aromatic heterocycles. The van der Waals surface area contributed by atoms with Gasteiger partial charge in [0.15, 0.2) is 0 Å². The Morgan fingerprint density at radius 1 is 1.14 bits per heavy atom. The standard InChI is InChI=1S/C21H16F3N3O2/c22-21(23,24)16-7-3-5-15(13-16)6-4-11-25-20(29)10-12-27-18-9-2-1-8-17(18)19(28)14-26-27/h1-3,5,7-9,13-14H,10-12H2,(H,25,29). The summed E-state index contributed by atoms with van der Waals surface area (Å²) >= 11 is 0. The molecule has 0 saturated heterocycles. The Kier molecular flexibility index (Phi) is 5.98. The molecule has 0 aliphatic heterocycles. The second-order valence-electron chi connectivity index (χ2n) is 6.16. The molecule has 0 fully saturated rings. The maximum absolute atomic E-state index is 12.7. The normalized spacial score (nSPS) is 11.0. The number of carbonyl (C=O) groups excluding carboxylic acids is 1. The van der Waals surface area contributed by atoms with Crippen LogP contribution in [-0.2, 0) is 17.5 Å². The van der Waals surface area contributed by atoms with Crippen LogP contribution in [0.1, 0.15) is 17.5 Å². The van der Waals surface area contributed by atoms with E-state index in [9.17, 15) is 22.8 Å². The number of rotatable bonds is 4. The molecule has 3 aromatic rings. The van der Waals surface area contributed by atoms with Crippen molar-refractivity contribution < 1.29 is 18.0 Å². The molecule has 0 spiro atoms. The van der Waals surface area contributed by atoms with Crippen molar-refractivity contribution in [2.24, 2.45) is 0 Å². The predicted octanol–water partition coefficient (Wildman–Crippen LogP) is 2.97. The highest BCUT2D eigenvalue weighted by molar-refractivity contribution is 5.79. The number of nitrogens with one attached hydrogen (secondary N) is 1. The molecule has 0 bridgehead atoms. The van der Waals surface area contributed by atoms with Gasteiger partial charge in [-0.25, -0.2) is 0 Å². The fraction of sp³-hybridized carbons (Fsp3) is 0.190. The first-order valence-electron chi connectivity index (χ1n) is 8.72. The first-order valence-corrected chi connectivity index (χ1v) is 8.72. The minimum absolute atomic E-state index is 0.00736. The molecule has 1 N–H and O–H groups in total. The second-order valence-corrected chi connectivity index (χ2v) is 6.16. The lowest BCUT2D eigenvalue weighted by Gasteiger charge is -2.08. The zero-order valence-corrected chi connectivity index (χ0v) is 15.2. The predicted molar refractivity (Wildman–Crippen MR) is 102 cm³/mol. The van der Waals surface area contributed by atoms with E-state index in [1.165, 1.54) is 18.3 Å². The van der Waals surface area contributed by atoms with Crippen LogP contribution in [0.15, 0.2) is 59.5 Å². The number of benzene rings is 2. The molecule has 148 valence electrons. The van der Waals surface area contributed by atoms with Gasteiger partial charge in [0.2, 0.25) is 11.3 Å². The molecule has 3 rings (SSSR count). The quantitative estimate of drug-likeness (QED) is 0.686. The molecule has 2 aromatic carbocycles. The Labute approximate surface area is 164 Å². The van der Waals surface area contributed by atoms with Gasteiger partial charge in [-0.2, -0.15) is 18.3 Å². The Hall–Kier alpha value is -3.60. The molecule has 0 aliphatic carbocycles. The second kappa shape index (κ2) is 8.61. The monoisotopic (exact) mass is 399 g/mol. The zero-order chi connectivity index (χ0) is 20.9. The van der Waals surface area contributed by atoms with Crippen molar-refractivity contribution in [1.29, 1.82) is 0 Å². The smallest absolute Gasteiger partial charge is 0.345 e. The number of hydrogen-bond acceptors (Lipinski definition) is 3. The van der Waals surface area contributed by atoms with Crippen LogP contribution in [-0.4, -0.2) is 22.2 Å². The lowest BCUT2D eigenvalue weighted by molar-refractivity contribution is -0.137. The third-order valence-electron chi connectivity index (χ3n) is 4.11. The Balaban J connectivity index is 1.55. The number of hydrogen-bond donors (Lipinski definition) is 1. The lowest BCUT2D eigenvalue weighted by Crippen LogP contribution is -2.25. The number of nitrogens with zero attached hydrogens (tertiary/aromatic N) is 2. The van der Waals surface area contributed by atoms with Crippen molar-refractivity contribution >= 4 is 16.8 Å². The fourth-order valence-corrected chi connectivity index (χ4v) is 2.70. The average molecular weight is 399 g/mol. The van der Waals surface area contributed by atoms with Crippen LogP contribution in [0.2, 0.25) is 0 Å². The highest BCUT2D eigenvalue weighted by Gasteiger charge is 2.30. The van der Waals surface area contributed by atoms with Crippen LogP contribution >= 0.6 is 0 Å². The average Bonchev–Trinajstić information content (AvgIpc) is 2.70. The number of halogens is 3. The fourth-order valence-electron chi connectivity index (χ4n) is 2.70. The number of para-hydroxylation sites is 1. The summed E-state index contributed by atoms with van der Waals surface area (Å²) in [5.41, 5.74) is -0.101. The molecular weight excluding hydrogens is 383 g/mol. The number of fused-ring (bicyclic) bond motifs is 1. The molecular formula is C21H16F3N3O2. The molecule has 0 radical (unpaired) electrons. The summed E-state index contributed by atoms with van der Waals surface area (Å²) in [6, 6.07) is 11.7. The van der Waals surface area contributed by atoms with E-state index >= 15 is 0 Å². The number of alkyl halides is 3. The van der Waals surface area contributed by atoms with Gasteiger partial charge in [0.25, 0.3) is 0 Å². The number of amides is 1. The SMILES string of the molecule is O=C(CCn1ncc(=O)c2ccccc21)NCC#Cc1cccc(C(F)(F)F)c1. The maximum Gasteiger partial charge on any atom is 0.416 e. The van der Waals surface area contributed by atoms with E-state index in [1.54, 1.807) is 28.9 Å². The van der Waals surface area contributed by atoms with Crippen molar-refractivity contribution in [3.05, 3.63) is 76.1 Å². The van der Waals surface area contributed by atoms with Crippen molar-refractivity contribution in [2.75, 3.05) is 6.54 Å². The van der Waals surface area contributed by atoms with Crippen molar-refractivity contribution in [3.63, 3.8) is 0 Å². The summed E-state index contributed by atoms with van der Waals surface area (Å²) in [4.78, 5) is 23.8. The van der Waals surface area contributed by atoms with E-state index in [0.29, 0.717) is 10.9 Å². The Bertz CT molecular complexity index is 1160. The Morgan fingerprint density at radius 2 is 1.93 bits per heavy atom. The molecule has 0 aliphatic rings. The van der Waals surface area contributed by atoms with Crippen molar-refractivity contribution in [1.82, 2.24) is 15.1 Å². The molecule has 0 saturated carbocycles.